The zero-order valence-electron chi connectivity index (χ0n) is 11.2. The number of nitrogens with one attached hydrogen (secondary N) is 1. The summed E-state index contributed by atoms with van der Waals surface area (Å²) in [4.78, 5) is 0. The first kappa shape index (κ1) is 15.5. The maximum atomic E-state index is 12.5. The molecule has 2 aromatic carbocycles. The number of anilines is 1. The van der Waals surface area contributed by atoms with Crippen molar-refractivity contribution in [2.75, 3.05) is 12.4 Å². The third-order valence-electron chi connectivity index (χ3n) is 2.94. The lowest BCUT2D eigenvalue weighted by Gasteiger charge is -2.12. The molecule has 1 N–H and O–H groups in total. The summed E-state index contributed by atoms with van der Waals surface area (Å²) < 4.78 is 42.6. The van der Waals surface area contributed by atoms with Crippen LogP contribution in [-0.2, 0) is 12.7 Å². The summed E-state index contributed by atoms with van der Waals surface area (Å²) in [6.45, 7) is 0.453. The molecule has 2 aromatic rings. The summed E-state index contributed by atoms with van der Waals surface area (Å²) >= 11 is 5.87. The van der Waals surface area contributed by atoms with E-state index >= 15 is 0 Å². The highest BCUT2D eigenvalue weighted by Gasteiger charge is 2.30. The Morgan fingerprint density at radius 2 is 1.76 bits per heavy atom. The minimum Gasteiger partial charge on any atom is -0.497 e. The van der Waals surface area contributed by atoms with E-state index in [0.717, 1.165) is 23.4 Å². The van der Waals surface area contributed by atoms with Crippen LogP contribution < -0.4 is 10.1 Å². The van der Waals surface area contributed by atoms with Gasteiger partial charge < -0.3 is 10.1 Å². The Kier molecular flexibility index (Phi) is 4.63. The Morgan fingerprint density at radius 3 is 2.29 bits per heavy atom. The molecule has 0 radical (unpaired) electrons. The molecule has 0 unspecified atom stereocenters. The van der Waals surface area contributed by atoms with E-state index in [2.05, 4.69) is 5.32 Å². The first-order chi connectivity index (χ1) is 9.90. The van der Waals surface area contributed by atoms with Crippen molar-refractivity contribution in [2.24, 2.45) is 0 Å². The lowest BCUT2D eigenvalue weighted by molar-refractivity contribution is -0.137. The summed E-state index contributed by atoms with van der Waals surface area (Å²) in [5.74, 6) is 0.742. The van der Waals surface area contributed by atoms with Crippen LogP contribution in [0.25, 0.3) is 0 Å². The van der Waals surface area contributed by atoms with Crippen molar-refractivity contribution in [3.05, 3.63) is 58.6 Å². The van der Waals surface area contributed by atoms with Gasteiger partial charge in [0.25, 0.3) is 0 Å². The summed E-state index contributed by atoms with van der Waals surface area (Å²) in [7, 11) is 1.58. The van der Waals surface area contributed by atoms with E-state index in [1.807, 2.05) is 24.3 Å². The summed E-state index contributed by atoms with van der Waals surface area (Å²) in [6.07, 6.45) is -4.39. The Labute approximate surface area is 125 Å². The maximum Gasteiger partial charge on any atom is 0.416 e. The number of methoxy groups -OCH3 is 1. The molecule has 0 saturated carbocycles. The molecule has 2 rings (SSSR count). The molecule has 2 nitrogen and oxygen atoms in total. The van der Waals surface area contributed by atoms with Crippen molar-refractivity contribution in [2.45, 2.75) is 12.7 Å². The Balaban J connectivity index is 2.06. The third-order valence-corrected chi connectivity index (χ3v) is 3.25. The Bertz CT molecular complexity index is 611. The van der Waals surface area contributed by atoms with Gasteiger partial charge in [0, 0.05) is 6.54 Å². The molecule has 0 bridgehead atoms. The van der Waals surface area contributed by atoms with Gasteiger partial charge in [0.1, 0.15) is 5.75 Å². The number of alkyl halides is 3. The van der Waals surface area contributed by atoms with Gasteiger partial charge in [-0.2, -0.15) is 13.2 Å². The standard InChI is InChI=1S/C15H13ClF3NO/c1-21-12-5-2-10(3-6-12)9-20-14-7-4-11(8-13(14)16)15(17,18)19/h2-8,20H,9H2,1H3. The highest BCUT2D eigenvalue weighted by Crippen LogP contribution is 2.33. The summed E-state index contributed by atoms with van der Waals surface area (Å²) in [5, 5.41) is 3.05. The van der Waals surface area contributed by atoms with Gasteiger partial charge in [0.2, 0.25) is 0 Å². The van der Waals surface area contributed by atoms with E-state index in [1.54, 1.807) is 7.11 Å². The van der Waals surface area contributed by atoms with Crippen LogP contribution in [-0.4, -0.2) is 7.11 Å². The molecule has 112 valence electrons. The molecule has 21 heavy (non-hydrogen) atoms. The second-order valence-electron chi connectivity index (χ2n) is 4.39. The smallest absolute Gasteiger partial charge is 0.416 e. The van der Waals surface area contributed by atoms with Crippen LogP contribution in [0.4, 0.5) is 18.9 Å². The number of rotatable bonds is 4. The molecule has 0 fully saturated rings. The van der Waals surface area contributed by atoms with Crippen molar-refractivity contribution in [3.8, 4) is 5.75 Å². The maximum absolute atomic E-state index is 12.5. The topological polar surface area (TPSA) is 21.3 Å². The van der Waals surface area contributed by atoms with Gasteiger partial charge in [-0.05, 0) is 35.9 Å². The Hall–Kier alpha value is -1.88. The fourth-order valence-electron chi connectivity index (χ4n) is 1.78. The predicted octanol–water partition coefficient (Wildman–Crippen LogP) is 4.98. The number of halogens is 4. The van der Waals surface area contributed by atoms with E-state index in [0.29, 0.717) is 12.2 Å². The zero-order chi connectivity index (χ0) is 15.5. The molecule has 0 aliphatic heterocycles. The van der Waals surface area contributed by atoms with Crippen LogP contribution in [0.2, 0.25) is 5.02 Å². The molecule has 0 amide bonds. The van der Waals surface area contributed by atoms with Crippen LogP contribution in [0.1, 0.15) is 11.1 Å². The fourth-order valence-corrected chi connectivity index (χ4v) is 2.02. The molecule has 0 aromatic heterocycles. The molecule has 0 spiro atoms. The Morgan fingerprint density at radius 1 is 1.10 bits per heavy atom. The third kappa shape index (κ3) is 4.04. The average molecular weight is 316 g/mol. The highest BCUT2D eigenvalue weighted by atomic mass is 35.5. The van der Waals surface area contributed by atoms with Crippen LogP contribution in [0.3, 0.4) is 0 Å². The van der Waals surface area contributed by atoms with Gasteiger partial charge in [0.15, 0.2) is 0 Å². The largest absolute Gasteiger partial charge is 0.497 e. The van der Waals surface area contributed by atoms with Crippen LogP contribution in [0.5, 0.6) is 5.75 Å². The SMILES string of the molecule is COc1ccc(CNc2ccc(C(F)(F)F)cc2Cl)cc1. The van der Waals surface area contributed by atoms with E-state index in [-0.39, 0.29) is 5.02 Å². The van der Waals surface area contributed by atoms with Crippen molar-refractivity contribution in [3.63, 3.8) is 0 Å². The first-order valence-corrected chi connectivity index (χ1v) is 6.51. The van der Waals surface area contributed by atoms with Crippen molar-refractivity contribution in [1.29, 1.82) is 0 Å². The lowest BCUT2D eigenvalue weighted by atomic mass is 10.2. The molecular weight excluding hydrogens is 303 g/mol. The quantitative estimate of drug-likeness (QED) is 0.859. The second-order valence-corrected chi connectivity index (χ2v) is 4.80. The van der Waals surface area contributed by atoms with Gasteiger partial charge >= 0.3 is 6.18 Å². The average Bonchev–Trinajstić information content (AvgIpc) is 2.45. The summed E-state index contributed by atoms with van der Waals surface area (Å²) in [6, 6.07) is 10.6. The predicted molar refractivity (Wildman–Crippen MR) is 76.8 cm³/mol. The molecule has 0 atom stereocenters. The monoisotopic (exact) mass is 315 g/mol. The van der Waals surface area contributed by atoms with Gasteiger partial charge in [-0.1, -0.05) is 23.7 Å². The molecular formula is C15H13ClF3NO. The molecule has 0 saturated heterocycles. The normalized spacial score (nSPS) is 11.3. The number of benzene rings is 2. The van der Waals surface area contributed by atoms with Crippen molar-refractivity contribution >= 4 is 17.3 Å². The minimum absolute atomic E-state index is 0.0401. The number of ether oxygens (including phenoxy) is 1. The lowest BCUT2D eigenvalue weighted by Crippen LogP contribution is -2.06. The first-order valence-electron chi connectivity index (χ1n) is 6.13. The van der Waals surface area contributed by atoms with Gasteiger partial charge in [-0.3, -0.25) is 0 Å². The molecule has 6 heteroatoms. The molecule has 0 aliphatic carbocycles. The second kappa shape index (κ2) is 6.26. The summed E-state index contributed by atoms with van der Waals surface area (Å²) in [5.41, 5.74) is 0.662. The molecule has 0 aliphatic rings. The van der Waals surface area contributed by atoms with E-state index in [9.17, 15) is 13.2 Å². The minimum atomic E-state index is -4.39. The number of hydrogen-bond acceptors (Lipinski definition) is 2. The van der Waals surface area contributed by atoms with E-state index < -0.39 is 11.7 Å². The van der Waals surface area contributed by atoms with Crippen LogP contribution in [0, 0.1) is 0 Å². The van der Waals surface area contributed by atoms with Gasteiger partial charge in [0.05, 0.1) is 23.4 Å². The van der Waals surface area contributed by atoms with Crippen molar-refractivity contribution in [1.82, 2.24) is 0 Å². The van der Waals surface area contributed by atoms with Gasteiger partial charge in [-0.15, -0.1) is 0 Å². The van der Waals surface area contributed by atoms with Gasteiger partial charge in [-0.25, -0.2) is 0 Å². The van der Waals surface area contributed by atoms with Crippen LogP contribution >= 0.6 is 11.6 Å². The zero-order valence-corrected chi connectivity index (χ0v) is 11.9. The molecule has 0 heterocycles. The highest BCUT2D eigenvalue weighted by molar-refractivity contribution is 6.33. The van der Waals surface area contributed by atoms with Crippen LogP contribution in [0.15, 0.2) is 42.5 Å². The fraction of sp³-hybridized carbons (Fsp3) is 0.200. The van der Waals surface area contributed by atoms with E-state index in [1.165, 1.54) is 6.07 Å². The van der Waals surface area contributed by atoms with E-state index in [4.69, 9.17) is 16.3 Å². The number of hydrogen-bond donors (Lipinski definition) is 1. The van der Waals surface area contributed by atoms with Crippen molar-refractivity contribution < 1.29 is 17.9 Å².